The number of benzene rings is 1. The van der Waals surface area contributed by atoms with Gasteiger partial charge in [-0.05, 0) is 30.5 Å². The van der Waals surface area contributed by atoms with Crippen molar-refractivity contribution in [3.8, 4) is 0 Å². The predicted molar refractivity (Wildman–Crippen MR) is 71.1 cm³/mol. The average molecular weight is 231 g/mol. The zero-order chi connectivity index (χ0) is 12.3. The van der Waals surface area contributed by atoms with Gasteiger partial charge in [-0.1, -0.05) is 31.2 Å². The lowest BCUT2D eigenvalue weighted by Crippen LogP contribution is -2.34. The molecule has 0 bridgehead atoms. The summed E-state index contributed by atoms with van der Waals surface area (Å²) in [5.74, 6) is 0.447. The highest BCUT2D eigenvalue weighted by molar-refractivity contribution is 5.79. The summed E-state index contributed by atoms with van der Waals surface area (Å²) < 4.78 is 0. The van der Waals surface area contributed by atoms with E-state index in [-0.39, 0.29) is 5.92 Å². The van der Waals surface area contributed by atoms with Crippen molar-refractivity contribution in [2.45, 2.75) is 26.3 Å². The molecule has 0 spiro atoms. The number of nitrogens with one attached hydrogen (secondary N) is 1. The molecule has 0 fully saturated rings. The molecule has 0 saturated heterocycles. The highest BCUT2D eigenvalue weighted by Gasteiger charge is 2.16. The Morgan fingerprint density at radius 3 is 2.82 bits per heavy atom. The van der Waals surface area contributed by atoms with E-state index in [1.807, 2.05) is 6.92 Å². The Kier molecular flexibility index (Phi) is 3.79. The fourth-order valence-electron chi connectivity index (χ4n) is 2.41. The Bertz CT molecular complexity index is 400. The zero-order valence-electron chi connectivity index (χ0n) is 10.4. The molecule has 0 amide bonds. The van der Waals surface area contributed by atoms with Gasteiger partial charge in [0.2, 0.25) is 0 Å². The number of fused-ring (bicyclic) bond motifs is 1. The normalized spacial score (nSPS) is 18.2. The summed E-state index contributed by atoms with van der Waals surface area (Å²) in [6.07, 6.45) is 2.36. The Morgan fingerprint density at radius 2 is 2.12 bits per heavy atom. The molecule has 0 radical (unpaired) electrons. The van der Waals surface area contributed by atoms with Crippen molar-refractivity contribution in [2.75, 3.05) is 13.1 Å². The molecule has 3 N–H and O–H groups in total. The fourth-order valence-corrected chi connectivity index (χ4v) is 2.41. The van der Waals surface area contributed by atoms with E-state index in [0.29, 0.717) is 5.84 Å². The van der Waals surface area contributed by atoms with Crippen LogP contribution in [-0.2, 0) is 13.0 Å². The summed E-state index contributed by atoms with van der Waals surface area (Å²) in [7, 11) is 0. The Morgan fingerprint density at radius 1 is 1.41 bits per heavy atom. The van der Waals surface area contributed by atoms with Crippen LogP contribution in [0, 0.1) is 11.3 Å². The summed E-state index contributed by atoms with van der Waals surface area (Å²) in [6, 6.07) is 8.67. The lowest BCUT2D eigenvalue weighted by Gasteiger charge is -2.23. The third kappa shape index (κ3) is 3.07. The smallest absolute Gasteiger partial charge is 0.0947 e. The lowest BCUT2D eigenvalue weighted by molar-refractivity contribution is 0.253. The van der Waals surface area contributed by atoms with E-state index in [9.17, 15) is 0 Å². The topological polar surface area (TPSA) is 53.1 Å². The van der Waals surface area contributed by atoms with Gasteiger partial charge in [-0.2, -0.15) is 0 Å². The monoisotopic (exact) mass is 231 g/mol. The van der Waals surface area contributed by atoms with Crippen LogP contribution < -0.4 is 5.73 Å². The van der Waals surface area contributed by atoms with Crippen molar-refractivity contribution >= 4 is 5.84 Å². The number of nitrogens with zero attached hydrogens (tertiary/aromatic N) is 1. The third-order valence-corrected chi connectivity index (χ3v) is 3.50. The fraction of sp³-hybridized carbons (Fsp3) is 0.500. The summed E-state index contributed by atoms with van der Waals surface area (Å²) in [5.41, 5.74) is 8.45. The molecule has 3 heteroatoms. The maximum Gasteiger partial charge on any atom is 0.0947 e. The minimum Gasteiger partial charge on any atom is -0.387 e. The van der Waals surface area contributed by atoms with E-state index >= 15 is 0 Å². The summed E-state index contributed by atoms with van der Waals surface area (Å²) in [5, 5.41) is 7.47. The maximum absolute atomic E-state index is 7.47. The van der Waals surface area contributed by atoms with E-state index in [4.69, 9.17) is 11.1 Å². The Hall–Kier alpha value is -1.35. The van der Waals surface area contributed by atoms with E-state index in [1.54, 1.807) is 0 Å². The predicted octanol–water partition coefficient (Wildman–Crippen LogP) is 2.01. The number of hydrogen-bond acceptors (Lipinski definition) is 2. The van der Waals surface area contributed by atoms with Gasteiger partial charge in [0.1, 0.15) is 0 Å². The van der Waals surface area contributed by atoms with Gasteiger partial charge in [0.15, 0.2) is 0 Å². The van der Waals surface area contributed by atoms with Crippen molar-refractivity contribution in [1.29, 1.82) is 5.41 Å². The first-order valence-corrected chi connectivity index (χ1v) is 6.30. The molecule has 0 aromatic heterocycles. The summed E-state index contributed by atoms with van der Waals surface area (Å²) in [4.78, 5) is 2.41. The molecule has 1 aromatic carbocycles. The van der Waals surface area contributed by atoms with Crippen LogP contribution in [0.1, 0.15) is 24.5 Å². The molecule has 2 rings (SSSR count). The minimum absolute atomic E-state index is 0.153. The van der Waals surface area contributed by atoms with E-state index in [2.05, 4.69) is 29.2 Å². The minimum atomic E-state index is 0.153. The average Bonchev–Trinajstić information content (AvgIpc) is 2.50. The van der Waals surface area contributed by atoms with Crippen LogP contribution in [0.4, 0.5) is 0 Å². The number of nitrogens with two attached hydrogens (primary N) is 1. The molecule has 1 aliphatic heterocycles. The van der Waals surface area contributed by atoms with Crippen LogP contribution in [0.15, 0.2) is 24.3 Å². The Labute approximate surface area is 103 Å². The van der Waals surface area contributed by atoms with Crippen LogP contribution >= 0.6 is 0 Å². The zero-order valence-corrected chi connectivity index (χ0v) is 10.4. The van der Waals surface area contributed by atoms with Crippen LogP contribution in [0.25, 0.3) is 0 Å². The quantitative estimate of drug-likeness (QED) is 0.617. The standard InChI is InChI=1S/C14H21N3/c1-11(14(15)16)9-17-8-4-7-12-5-2-3-6-13(12)10-17/h2-3,5-6,11H,4,7-10H2,1H3,(H3,15,16). The van der Waals surface area contributed by atoms with E-state index < -0.39 is 0 Å². The second-order valence-corrected chi connectivity index (χ2v) is 4.96. The van der Waals surface area contributed by atoms with Crippen molar-refractivity contribution in [2.24, 2.45) is 11.7 Å². The van der Waals surface area contributed by atoms with E-state index in [0.717, 1.165) is 19.6 Å². The molecule has 0 saturated carbocycles. The second-order valence-electron chi connectivity index (χ2n) is 4.96. The summed E-state index contributed by atoms with van der Waals surface area (Å²) >= 11 is 0. The van der Waals surface area contributed by atoms with Crippen LogP contribution in [-0.4, -0.2) is 23.8 Å². The number of aryl methyl sites for hydroxylation is 1. The van der Waals surface area contributed by atoms with Gasteiger partial charge in [-0.3, -0.25) is 10.3 Å². The molecule has 92 valence electrons. The SMILES string of the molecule is CC(CN1CCCc2ccccc2C1)C(=N)N. The van der Waals surface area contributed by atoms with Crippen LogP contribution in [0.3, 0.4) is 0 Å². The molecule has 3 nitrogen and oxygen atoms in total. The number of amidine groups is 1. The van der Waals surface area contributed by atoms with Crippen molar-refractivity contribution in [3.05, 3.63) is 35.4 Å². The van der Waals surface area contributed by atoms with Gasteiger partial charge in [0.05, 0.1) is 5.84 Å². The van der Waals surface area contributed by atoms with Crippen LogP contribution in [0.5, 0.6) is 0 Å². The molecule has 1 atom stereocenters. The number of hydrogen-bond donors (Lipinski definition) is 2. The number of rotatable bonds is 3. The summed E-state index contributed by atoms with van der Waals surface area (Å²) in [6.45, 7) is 5.02. The third-order valence-electron chi connectivity index (χ3n) is 3.50. The van der Waals surface area contributed by atoms with Gasteiger partial charge in [-0.25, -0.2) is 0 Å². The maximum atomic E-state index is 7.47. The van der Waals surface area contributed by atoms with Crippen molar-refractivity contribution in [1.82, 2.24) is 4.90 Å². The molecular weight excluding hydrogens is 210 g/mol. The Balaban J connectivity index is 2.05. The van der Waals surface area contributed by atoms with Crippen molar-refractivity contribution < 1.29 is 0 Å². The molecule has 1 aromatic rings. The van der Waals surface area contributed by atoms with E-state index in [1.165, 1.54) is 24.0 Å². The van der Waals surface area contributed by atoms with Crippen molar-refractivity contribution in [3.63, 3.8) is 0 Å². The van der Waals surface area contributed by atoms with Gasteiger partial charge in [-0.15, -0.1) is 0 Å². The first-order valence-electron chi connectivity index (χ1n) is 6.30. The molecule has 1 unspecified atom stereocenters. The highest BCUT2D eigenvalue weighted by atomic mass is 15.1. The van der Waals surface area contributed by atoms with Gasteiger partial charge in [0, 0.05) is 19.0 Å². The van der Waals surface area contributed by atoms with Gasteiger partial charge in [0.25, 0.3) is 0 Å². The molecule has 1 aliphatic rings. The molecule has 17 heavy (non-hydrogen) atoms. The van der Waals surface area contributed by atoms with Gasteiger partial charge < -0.3 is 5.73 Å². The van der Waals surface area contributed by atoms with Crippen LogP contribution in [0.2, 0.25) is 0 Å². The second kappa shape index (κ2) is 5.32. The first kappa shape index (κ1) is 12.1. The largest absolute Gasteiger partial charge is 0.387 e. The van der Waals surface area contributed by atoms with Gasteiger partial charge >= 0.3 is 0 Å². The molecule has 1 heterocycles. The molecular formula is C14H21N3. The lowest BCUT2D eigenvalue weighted by atomic mass is 10.0. The molecule has 0 aliphatic carbocycles. The highest BCUT2D eigenvalue weighted by Crippen LogP contribution is 2.19. The first-order chi connectivity index (χ1) is 8.16.